The molecule has 7 heteroatoms. The number of rotatable bonds is 10. The van der Waals surface area contributed by atoms with Gasteiger partial charge in [0, 0.05) is 44.7 Å². The van der Waals surface area contributed by atoms with Crippen molar-refractivity contribution in [2.24, 2.45) is 0 Å². The van der Waals surface area contributed by atoms with Gasteiger partial charge < -0.3 is 25.4 Å². The van der Waals surface area contributed by atoms with Crippen molar-refractivity contribution < 1.29 is 19.1 Å². The van der Waals surface area contributed by atoms with Gasteiger partial charge in [0.15, 0.2) is 0 Å². The fourth-order valence-electron chi connectivity index (χ4n) is 2.54. The number of benzene rings is 1. The van der Waals surface area contributed by atoms with Crippen LogP contribution in [0.2, 0.25) is 0 Å². The number of nitrogens with one attached hydrogen (secondary N) is 3. The van der Waals surface area contributed by atoms with Crippen LogP contribution in [0.5, 0.6) is 0 Å². The topological polar surface area (TPSA) is 88.7 Å². The molecule has 0 aromatic heterocycles. The molecule has 7 nitrogen and oxygen atoms in total. The van der Waals surface area contributed by atoms with E-state index in [2.05, 4.69) is 16.0 Å². The second kappa shape index (κ2) is 10.7. The van der Waals surface area contributed by atoms with Crippen LogP contribution in [0.1, 0.15) is 29.6 Å². The van der Waals surface area contributed by atoms with Gasteiger partial charge in [-0.25, -0.2) is 0 Å². The molecule has 2 rings (SSSR count). The highest BCUT2D eigenvalue weighted by Gasteiger charge is 2.16. The van der Waals surface area contributed by atoms with Gasteiger partial charge in [-0.05, 0) is 43.5 Å². The average Bonchev–Trinajstić information content (AvgIpc) is 3.15. The monoisotopic (exact) mass is 349 g/mol. The Morgan fingerprint density at radius 3 is 2.72 bits per heavy atom. The lowest BCUT2D eigenvalue weighted by molar-refractivity contribution is -0.119. The third kappa shape index (κ3) is 7.11. The van der Waals surface area contributed by atoms with Crippen molar-refractivity contribution in [2.45, 2.75) is 25.4 Å². The summed E-state index contributed by atoms with van der Waals surface area (Å²) in [5, 5.41) is 8.72. The summed E-state index contributed by atoms with van der Waals surface area (Å²) in [6.07, 6.45) is 2.97. The van der Waals surface area contributed by atoms with Crippen molar-refractivity contribution in [3.8, 4) is 0 Å². The Morgan fingerprint density at radius 1 is 1.24 bits per heavy atom. The minimum Gasteiger partial charge on any atom is -0.385 e. The van der Waals surface area contributed by atoms with Crippen LogP contribution in [0, 0.1) is 0 Å². The van der Waals surface area contributed by atoms with Gasteiger partial charge in [0.25, 0.3) is 5.91 Å². The number of hydrogen-bond donors (Lipinski definition) is 3. The summed E-state index contributed by atoms with van der Waals surface area (Å²) in [4.78, 5) is 23.8. The standard InChI is InChI=1S/C18H27N3O4/c1-24-10-3-9-19-17(22)13-20-15-7-5-14(6-8-15)18(23)21-12-16-4-2-11-25-16/h5-8,16,20H,2-4,9-13H2,1H3,(H,19,22)(H,21,23). The second-order valence-corrected chi connectivity index (χ2v) is 5.97. The summed E-state index contributed by atoms with van der Waals surface area (Å²) in [5.74, 6) is -0.188. The highest BCUT2D eigenvalue weighted by molar-refractivity contribution is 5.94. The zero-order valence-electron chi connectivity index (χ0n) is 14.7. The first-order chi connectivity index (χ1) is 12.2. The van der Waals surface area contributed by atoms with Gasteiger partial charge in [0.1, 0.15) is 0 Å². The lowest BCUT2D eigenvalue weighted by Crippen LogP contribution is -2.32. The van der Waals surface area contributed by atoms with E-state index in [1.54, 1.807) is 31.4 Å². The van der Waals surface area contributed by atoms with Gasteiger partial charge in [-0.2, -0.15) is 0 Å². The maximum atomic E-state index is 12.1. The van der Waals surface area contributed by atoms with Crippen LogP contribution in [0.25, 0.3) is 0 Å². The number of carbonyl (C=O) groups is 2. The summed E-state index contributed by atoms with van der Waals surface area (Å²) < 4.78 is 10.4. The van der Waals surface area contributed by atoms with Crippen LogP contribution in [-0.4, -0.2) is 57.9 Å². The lowest BCUT2D eigenvalue weighted by atomic mass is 10.2. The van der Waals surface area contributed by atoms with E-state index in [-0.39, 0.29) is 24.5 Å². The quantitative estimate of drug-likeness (QED) is 0.552. The predicted octanol–water partition coefficient (Wildman–Crippen LogP) is 1.16. The van der Waals surface area contributed by atoms with Gasteiger partial charge in [-0.1, -0.05) is 0 Å². The van der Waals surface area contributed by atoms with E-state index in [0.29, 0.717) is 25.3 Å². The molecule has 1 aliphatic rings. The van der Waals surface area contributed by atoms with Gasteiger partial charge in [0.05, 0.1) is 12.6 Å². The van der Waals surface area contributed by atoms with E-state index in [1.165, 1.54) is 0 Å². The van der Waals surface area contributed by atoms with E-state index < -0.39 is 0 Å². The third-order valence-corrected chi connectivity index (χ3v) is 3.96. The SMILES string of the molecule is COCCCNC(=O)CNc1ccc(C(=O)NCC2CCCO2)cc1. The maximum absolute atomic E-state index is 12.1. The molecule has 1 saturated heterocycles. The largest absolute Gasteiger partial charge is 0.385 e. The fraction of sp³-hybridized carbons (Fsp3) is 0.556. The van der Waals surface area contributed by atoms with Crippen LogP contribution < -0.4 is 16.0 Å². The van der Waals surface area contributed by atoms with Crippen molar-refractivity contribution in [3.05, 3.63) is 29.8 Å². The lowest BCUT2D eigenvalue weighted by Gasteiger charge is -2.11. The molecule has 2 amide bonds. The fourth-order valence-corrected chi connectivity index (χ4v) is 2.54. The van der Waals surface area contributed by atoms with Crippen LogP contribution >= 0.6 is 0 Å². The molecule has 25 heavy (non-hydrogen) atoms. The number of ether oxygens (including phenoxy) is 2. The van der Waals surface area contributed by atoms with Gasteiger partial charge in [-0.15, -0.1) is 0 Å². The van der Waals surface area contributed by atoms with E-state index in [9.17, 15) is 9.59 Å². The van der Waals surface area contributed by atoms with Crippen molar-refractivity contribution in [3.63, 3.8) is 0 Å². The normalized spacial score (nSPS) is 16.4. The summed E-state index contributed by atoms with van der Waals surface area (Å²) in [5.41, 5.74) is 1.38. The molecule has 1 aromatic carbocycles. The van der Waals surface area contributed by atoms with Crippen LogP contribution in [0.3, 0.4) is 0 Å². The molecule has 0 spiro atoms. The highest BCUT2D eigenvalue weighted by Crippen LogP contribution is 2.12. The molecule has 138 valence electrons. The molecule has 1 unspecified atom stereocenters. The van der Waals surface area contributed by atoms with Crippen LogP contribution in [-0.2, 0) is 14.3 Å². The molecule has 1 heterocycles. The zero-order chi connectivity index (χ0) is 17.9. The first-order valence-corrected chi connectivity index (χ1v) is 8.68. The maximum Gasteiger partial charge on any atom is 0.251 e. The van der Waals surface area contributed by atoms with Gasteiger partial charge >= 0.3 is 0 Å². The Labute approximate surface area is 148 Å². The molecule has 1 aromatic rings. The van der Waals surface area contributed by atoms with Crippen molar-refractivity contribution in [1.82, 2.24) is 10.6 Å². The molecular weight excluding hydrogens is 322 g/mol. The Bertz CT molecular complexity index is 542. The Morgan fingerprint density at radius 2 is 2.04 bits per heavy atom. The van der Waals surface area contributed by atoms with Gasteiger partial charge in [-0.3, -0.25) is 9.59 Å². The molecular formula is C18H27N3O4. The molecule has 0 radical (unpaired) electrons. The van der Waals surface area contributed by atoms with Crippen LogP contribution in [0.15, 0.2) is 24.3 Å². The predicted molar refractivity (Wildman–Crippen MR) is 95.7 cm³/mol. The molecule has 1 fully saturated rings. The highest BCUT2D eigenvalue weighted by atomic mass is 16.5. The molecule has 1 atom stereocenters. The number of methoxy groups -OCH3 is 1. The molecule has 1 aliphatic heterocycles. The molecule has 0 bridgehead atoms. The minimum atomic E-state index is -0.113. The Kier molecular flexibility index (Phi) is 8.21. The zero-order valence-corrected chi connectivity index (χ0v) is 14.7. The smallest absolute Gasteiger partial charge is 0.251 e. The summed E-state index contributed by atoms with van der Waals surface area (Å²) in [7, 11) is 1.63. The molecule has 0 saturated carbocycles. The Hall–Kier alpha value is -2.12. The summed E-state index contributed by atoms with van der Waals surface area (Å²) in [6.45, 7) is 2.74. The van der Waals surface area contributed by atoms with Crippen molar-refractivity contribution in [1.29, 1.82) is 0 Å². The van der Waals surface area contributed by atoms with E-state index in [1.807, 2.05) is 0 Å². The van der Waals surface area contributed by atoms with E-state index >= 15 is 0 Å². The number of anilines is 1. The Balaban J connectivity index is 1.68. The average molecular weight is 349 g/mol. The second-order valence-electron chi connectivity index (χ2n) is 5.97. The number of hydrogen-bond acceptors (Lipinski definition) is 5. The van der Waals surface area contributed by atoms with Gasteiger partial charge in [0.2, 0.25) is 5.91 Å². The van der Waals surface area contributed by atoms with Crippen molar-refractivity contribution >= 4 is 17.5 Å². The molecule has 0 aliphatic carbocycles. The summed E-state index contributed by atoms with van der Waals surface area (Å²) in [6, 6.07) is 7.06. The minimum absolute atomic E-state index is 0.0745. The first-order valence-electron chi connectivity index (χ1n) is 8.68. The third-order valence-electron chi connectivity index (χ3n) is 3.96. The van der Waals surface area contributed by atoms with Crippen LogP contribution in [0.4, 0.5) is 5.69 Å². The summed E-state index contributed by atoms with van der Waals surface area (Å²) >= 11 is 0. The van der Waals surface area contributed by atoms with E-state index in [4.69, 9.17) is 9.47 Å². The molecule has 3 N–H and O–H groups in total. The van der Waals surface area contributed by atoms with Crippen molar-refractivity contribution in [2.75, 3.05) is 45.3 Å². The number of carbonyl (C=O) groups excluding carboxylic acids is 2. The number of amides is 2. The first kappa shape index (κ1) is 19.2. The van der Waals surface area contributed by atoms with E-state index in [0.717, 1.165) is 31.6 Å².